The van der Waals surface area contributed by atoms with E-state index >= 15 is 0 Å². The van der Waals surface area contributed by atoms with Gasteiger partial charge in [-0.1, -0.05) is 41.9 Å². The summed E-state index contributed by atoms with van der Waals surface area (Å²) in [6.45, 7) is 0.187. The van der Waals surface area contributed by atoms with Gasteiger partial charge in [0.25, 0.3) is 11.2 Å². The number of hydrogen-bond donors (Lipinski definition) is 2. The molecule has 2 heterocycles. The normalized spacial score (nSPS) is 11.3. The van der Waals surface area contributed by atoms with Gasteiger partial charge in [0.15, 0.2) is 11.2 Å². The number of hydrazone groups is 1. The Morgan fingerprint density at radius 2 is 2.03 bits per heavy atom. The molecule has 0 amide bonds. The van der Waals surface area contributed by atoms with Crippen molar-refractivity contribution in [1.29, 1.82) is 0 Å². The third-order valence-corrected chi connectivity index (χ3v) is 5.12. The van der Waals surface area contributed by atoms with Crippen molar-refractivity contribution in [2.24, 2.45) is 12.1 Å². The van der Waals surface area contributed by atoms with E-state index < -0.39 is 16.2 Å². The van der Waals surface area contributed by atoms with Crippen LogP contribution in [-0.2, 0) is 13.6 Å². The Morgan fingerprint density at radius 3 is 2.78 bits per heavy atom. The molecule has 0 unspecified atom stereocenters. The summed E-state index contributed by atoms with van der Waals surface area (Å²) >= 11 is 6.29. The number of aromatic amines is 1. The van der Waals surface area contributed by atoms with Gasteiger partial charge >= 0.3 is 5.69 Å². The zero-order valence-electron chi connectivity index (χ0n) is 16.7. The third-order valence-electron chi connectivity index (χ3n) is 4.75. The standard InChI is InChI=1S/C20H16ClN7O4/c1-26-17-16(18(29)24-20(26)30)27(11-13-6-2-3-8-15(13)21)19(23-17)25-22-10-12-5-4-7-14(9-12)28(31)32/h2-10H,11H2,1H3,(H,23,25)(H,24,29,30)/b22-10-. The minimum absolute atomic E-state index is 0.0681. The highest BCUT2D eigenvalue weighted by Crippen LogP contribution is 2.22. The number of benzene rings is 2. The lowest BCUT2D eigenvalue weighted by molar-refractivity contribution is -0.384. The van der Waals surface area contributed by atoms with Gasteiger partial charge in [0, 0.05) is 29.8 Å². The van der Waals surface area contributed by atoms with Crippen LogP contribution in [0.15, 0.2) is 63.2 Å². The quantitative estimate of drug-likeness (QED) is 0.261. The van der Waals surface area contributed by atoms with Gasteiger partial charge in [-0.2, -0.15) is 10.1 Å². The molecule has 0 atom stereocenters. The summed E-state index contributed by atoms with van der Waals surface area (Å²) in [6.07, 6.45) is 1.38. The van der Waals surface area contributed by atoms with Crippen LogP contribution in [0.5, 0.6) is 0 Å². The number of halogens is 1. The molecule has 2 aromatic carbocycles. The summed E-state index contributed by atoms with van der Waals surface area (Å²) in [4.78, 5) is 41.6. The first-order valence-electron chi connectivity index (χ1n) is 9.31. The highest BCUT2D eigenvalue weighted by Gasteiger charge is 2.18. The van der Waals surface area contributed by atoms with E-state index in [1.165, 1.54) is 30.0 Å². The fraction of sp³-hybridized carbons (Fsp3) is 0.100. The second-order valence-corrected chi connectivity index (χ2v) is 7.23. The first kappa shape index (κ1) is 21.0. The minimum atomic E-state index is -0.600. The van der Waals surface area contributed by atoms with Crippen molar-refractivity contribution in [2.45, 2.75) is 6.54 Å². The van der Waals surface area contributed by atoms with Crippen molar-refractivity contribution >= 4 is 40.6 Å². The van der Waals surface area contributed by atoms with Gasteiger partial charge < -0.3 is 0 Å². The molecule has 11 nitrogen and oxygen atoms in total. The minimum Gasteiger partial charge on any atom is -0.298 e. The maximum absolute atomic E-state index is 12.6. The van der Waals surface area contributed by atoms with Crippen molar-refractivity contribution in [3.63, 3.8) is 0 Å². The van der Waals surface area contributed by atoms with E-state index in [0.29, 0.717) is 10.6 Å². The SMILES string of the molecule is Cn1c(=O)[nH]c(=O)c2c1nc(N/N=C\c1cccc([N+](=O)[O-])c1)n2Cc1ccccc1Cl. The lowest BCUT2D eigenvalue weighted by Gasteiger charge is -2.09. The molecule has 0 aliphatic rings. The lowest BCUT2D eigenvalue weighted by Crippen LogP contribution is -2.29. The van der Waals surface area contributed by atoms with Crippen LogP contribution in [0, 0.1) is 10.1 Å². The molecule has 0 radical (unpaired) electrons. The largest absolute Gasteiger partial charge is 0.329 e. The Kier molecular flexibility index (Phi) is 5.56. The highest BCUT2D eigenvalue weighted by molar-refractivity contribution is 6.31. The Bertz CT molecular complexity index is 1490. The molecule has 0 spiro atoms. The first-order chi connectivity index (χ1) is 15.3. The lowest BCUT2D eigenvalue weighted by atomic mass is 10.2. The van der Waals surface area contributed by atoms with E-state index in [4.69, 9.17) is 11.6 Å². The van der Waals surface area contributed by atoms with E-state index in [-0.39, 0.29) is 29.3 Å². The summed E-state index contributed by atoms with van der Waals surface area (Å²) < 4.78 is 2.77. The summed E-state index contributed by atoms with van der Waals surface area (Å²) in [7, 11) is 1.49. The van der Waals surface area contributed by atoms with Crippen LogP contribution in [0.1, 0.15) is 11.1 Å². The van der Waals surface area contributed by atoms with Gasteiger partial charge in [0.1, 0.15) is 0 Å². The molecule has 162 valence electrons. The van der Waals surface area contributed by atoms with Gasteiger partial charge in [0.2, 0.25) is 5.95 Å². The Labute approximate surface area is 184 Å². The molecule has 4 aromatic rings. The average molecular weight is 454 g/mol. The molecule has 0 aliphatic carbocycles. The molecule has 0 bridgehead atoms. The predicted octanol–water partition coefficient (Wildman–Crippen LogP) is 2.48. The molecule has 0 fully saturated rings. The second-order valence-electron chi connectivity index (χ2n) is 6.83. The Morgan fingerprint density at radius 1 is 1.25 bits per heavy atom. The van der Waals surface area contributed by atoms with Crippen LogP contribution in [0.2, 0.25) is 5.02 Å². The first-order valence-corrected chi connectivity index (χ1v) is 9.69. The maximum atomic E-state index is 12.6. The number of nitro benzene ring substituents is 1. The number of anilines is 1. The van der Waals surface area contributed by atoms with Crippen LogP contribution in [-0.4, -0.2) is 30.2 Å². The third kappa shape index (κ3) is 4.01. The summed E-state index contributed by atoms with van der Waals surface area (Å²) in [5.74, 6) is 0.188. The number of aryl methyl sites for hydroxylation is 1. The molecule has 4 rings (SSSR count). The van der Waals surface area contributed by atoms with E-state index in [0.717, 1.165) is 5.56 Å². The van der Waals surface area contributed by atoms with E-state index in [9.17, 15) is 19.7 Å². The monoisotopic (exact) mass is 453 g/mol. The number of fused-ring (bicyclic) bond motifs is 1. The number of nitro groups is 1. The molecule has 12 heteroatoms. The number of nitrogens with one attached hydrogen (secondary N) is 2. The number of nitrogens with zero attached hydrogens (tertiary/aromatic N) is 5. The summed E-state index contributed by atoms with van der Waals surface area (Å²) in [5, 5.41) is 15.5. The van der Waals surface area contributed by atoms with Crippen molar-refractivity contribution < 1.29 is 4.92 Å². The van der Waals surface area contributed by atoms with Crippen LogP contribution >= 0.6 is 11.6 Å². The van der Waals surface area contributed by atoms with E-state index in [1.807, 2.05) is 6.07 Å². The molecule has 0 saturated carbocycles. The smallest absolute Gasteiger partial charge is 0.298 e. The zero-order chi connectivity index (χ0) is 22.8. The number of aromatic nitrogens is 4. The van der Waals surface area contributed by atoms with Crippen molar-refractivity contribution in [3.8, 4) is 0 Å². The second kappa shape index (κ2) is 8.47. The van der Waals surface area contributed by atoms with E-state index in [2.05, 4.69) is 20.5 Å². The topological polar surface area (TPSA) is 140 Å². The van der Waals surface area contributed by atoms with E-state index in [1.54, 1.807) is 34.9 Å². The fourth-order valence-electron chi connectivity index (χ4n) is 3.15. The van der Waals surface area contributed by atoms with Crippen LogP contribution in [0.4, 0.5) is 11.6 Å². The summed E-state index contributed by atoms with van der Waals surface area (Å²) in [5.41, 5.74) is 3.04. The van der Waals surface area contributed by atoms with Gasteiger partial charge in [-0.05, 0) is 11.6 Å². The van der Waals surface area contributed by atoms with Gasteiger partial charge in [-0.15, -0.1) is 0 Å². The number of H-pyrrole nitrogens is 1. The Balaban J connectivity index is 1.77. The van der Waals surface area contributed by atoms with Crippen LogP contribution in [0.3, 0.4) is 0 Å². The van der Waals surface area contributed by atoms with Crippen molar-refractivity contribution in [3.05, 3.63) is 95.6 Å². The Hall–Kier alpha value is -4.25. The average Bonchev–Trinajstić information content (AvgIpc) is 3.13. The van der Waals surface area contributed by atoms with Crippen LogP contribution < -0.4 is 16.7 Å². The number of rotatable bonds is 6. The van der Waals surface area contributed by atoms with Gasteiger partial charge in [-0.3, -0.25) is 29.0 Å². The van der Waals surface area contributed by atoms with Gasteiger partial charge in [-0.25, -0.2) is 10.2 Å². The summed E-state index contributed by atoms with van der Waals surface area (Å²) in [6, 6.07) is 13.1. The number of hydrogen-bond acceptors (Lipinski definition) is 7. The zero-order valence-corrected chi connectivity index (χ0v) is 17.4. The predicted molar refractivity (Wildman–Crippen MR) is 120 cm³/mol. The molecule has 2 N–H and O–H groups in total. The molecule has 32 heavy (non-hydrogen) atoms. The van der Waals surface area contributed by atoms with Crippen LogP contribution in [0.25, 0.3) is 11.2 Å². The maximum Gasteiger partial charge on any atom is 0.329 e. The molecule has 0 aliphatic heterocycles. The van der Waals surface area contributed by atoms with Crippen molar-refractivity contribution in [2.75, 3.05) is 5.43 Å². The van der Waals surface area contributed by atoms with Crippen molar-refractivity contribution in [1.82, 2.24) is 19.1 Å². The van der Waals surface area contributed by atoms with Gasteiger partial charge in [0.05, 0.1) is 17.7 Å². The number of non-ortho nitro benzene ring substituents is 1. The fourth-order valence-corrected chi connectivity index (χ4v) is 3.35. The molecule has 0 saturated heterocycles. The number of imidazole rings is 1. The highest BCUT2D eigenvalue weighted by atomic mass is 35.5. The molecule has 2 aromatic heterocycles. The molecular weight excluding hydrogens is 438 g/mol. The molecular formula is C20H16ClN7O4.